The fourth-order valence-electron chi connectivity index (χ4n) is 4.10. The molecule has 2 fully saturated rings. The van der Waals surface area contributed by atoms with Crippen molar-refractivity contribution in [3.63, 3.8) is 0 Å². The average Bonchev–Trinajstić information content (AvgIpc) is 2.90. The molecule has 116 valence electrons. The zero-order chi connectivity index (χ0) is 14.9. The summed E-state index contributed by atoms with van der Waals surface area (Å²) in [6.45, 7) is 5.07. The highest BCUT2D eigenvalue weighted by molar-refractivity contribution is 5.99. The second kappa shape index (κ2) is 5.96. The highest BCUT2D eigenvalue weighted by atomic mass is 16.5. The van der Waals surface area contributed by atoms with Gasteiger partial charge in [0, 0.05) is 18.6 Å². The van der Waals surface area contributed by atoms with E-state index < -0.39 is 0 Å². The Morgan fingerprint density at radius 1 is 1.29 bits per heavy atom. The summed E-state index contributed by atoms with van der Waals surface area (Å²) in [5.41, 5.74) is 0.946. The molecule has 3 heteroatoms. The third-order valence-corrected chi connectivity index (χ3v) is 5.23. The van der Waals surface area contributed by atoms with Gasteiger partial charge in [-0.25, -0.2) is 0 Å². The van der Waals surface area contributed by atoms with Crippen LogP contribution in [0.1, 0.15) is 52.4 Å². The number of nitrogens with one attached hydrogen (secondary N) is 1. The summed E-state index contributed by atoms with van der Waals surface area (Å²) in [5.74, 6) is 0.829. The van der Waals surface area contributed by atoms with Gasteiger partial charge < -0.3 is 10.1 Å². The van der Waals surface area contributed by atoms with Crippen LogP contribution in [-0.4, -0.2) is 24.0 Å². The van der Waals surface area contributed by atoms with Crippen LogP contribution in [0.15, 0.2) is 23.9 Å². The van der Waals surface area contributed by atoms with Crippen molar-refractivity contribution < 1.29 is 9.53 Å². The number of ether oxygens (including phenoxy) is 1. The van der Waals surface area contributed by atoms with E-state index in [1.807, 2.05) is 12.2 Å². The quantitative estimate of drug-likeness (QED) is 0.866. The maximum Gasteiger partial charge on any atom is 0.185 e. The SMILES string of the molecule is CC(C)NC1=CC=CC(C2CCC3(CCCO3)CC2)C1=O. The molecule has 1 atom stereocenters. The first-order valence-corrected chi connectivity index (χ1v) is 8.43. The van der Waals surface area contributed by atoms with Gasteiger partial charge in [-0.3, -0.25) is 4.79 Å². The van der Waals surface area contributed by atoms with Crippen molar-refractivity contribution in [2.45, 2.75) is 64.0 Å². The van der Waals surface area contributed by atoms with Crippen LogP contribution in [0.3, 0.4) is 0 Å². The van der Waals surface area contributed by atoms with Crippen molar-refractivity contribution in [1.29, 1.82) is 0 Å². The number of hydrogen-bond acceptors (Lipinski definition) is 3. The predicted octanol–water partition coefficient (Wildman–Crippen LogP) is 3.36. The fraction of sp³-hybridized carbons (Fsp3) is 0.722. The van der Waals surface area contributed by atoms with Gasteiger partial charge in [0.2, 0.25) is 0 Å². The lowest BCUT2D eigenvalue weighted by atomic mass is 9.70. The van der Waals surface area contributed by atoms with Gasteiger partial charge in [-0.15, -0.1) is 0 Å². The van der Waals surface area contributed by atoms with Gasteiger partial charge in [0.05, 0.1) is 11.3 Å². The molecule has 3 rings (SSSR count). The minimum Gasteiger partial charge on any atom is -0.380 e. The number of carbonyl (C=O) groups excluding carboxylic acids is 1. The maximum atomic E-state index is 12.7. The molecule has 21 heavy (non-hydrogen) atoms. The van der Waals surface area contributed by atoms with Gasteiger partial charge in [0.15, 0.2) is 5.78 Å². The zero-order valence-electron chi connectivity index (χ0n) is 13.2. The summed E-state index contributed by atoms with van der Waals surface area (Å²) in [4.78, 5) is 12.7. The van der Waals surface area contributed by atoms with Gasteiger partial charge in [-0.1, -0.05) is 12.2 Å². The topological polar surface area (TPSA) is 38.3 Å². The molecule has 0 aromatic carbocycles. The molecule has 1 saturated heterocycles. The minimum absolute atomic E-state index is 0.0648. The van der Waals surface area contributed by atoms with Crippen LogP contribution in [0, 0.1) is 11.8 Å². The van der Waals surface area contributed by atoms with Gasteiger partial charge in [0.25, 0.3) is 0 Å². The van der Waals surface area contributed by atoms with Crippen molar-refractivity contribution in [2.75, 3.05) is 6.61 Å². The van der Waals surface area contributed by atoms with E-state index in [4.69, 9.17) is 4.74 Å². The van der Waals surface area contributed by atoms with E-state index in [1.54, 1.807) is 0 Å². The monoisotopic (exact) mass is 289 g/mol. The molecule has 3 aliphatic rings. The summed E-state index contributed by atoms with van der Waals surface area (Å²) < 4.78 is 5.99. The maximum absolute atomic E-state index is 12.7. The number of hydrogen-bond donors (Lipinski definition) is 1. The largest absolute Gasteiger partial charge is 0.380 e. The molecule has 0 radical (unpaired) electrons. The van der Waals surface area contributed by atoms with Crippen LogP contribution in [0.5, 0.6) is 0 Å². The predicted molar refractivity (Wildman–Crippen MR) is 83.9 cm³/mol. The Kier molecular flexibility index (Phi) is 4.21. The lowest BCUT2D eigenvalue weighted by Crippen LogP contribution is -2.39. The van der Waals surface area contributed by atoms with Crippen LogP contribution in [0.25, 0.3) is 0 Å². The van der Waals surface area contributed by atoms with Crippen molar-refractivity contribution in [3.05, 3.63) is 23.9 Å². The van der Waals surface area contributed by atoms with Gasteiger partial charge >= 0.3 is 0 Å². The van der Waals surface area contributed by atoms with Crippen LogP contribution >= 0.6 is 0 Å². The van der Waals surface area contributed by atoms with E-state index in [1.165, 1.54) is 12.8 Å². The Balaban J connectivity index is 1.62. The Bertz CT molecular complexity index is 448. The Hall–Kier alpha value is -1.09. The zero-order valence-corrected chi connectivity index (χ0v) is 13.2. The van der Waals surface area contributed by atoms with Crippen molar-refractivity contribution in [3.8, 4) is 0 Å². The van der Waals surface area contributed by atoms with E-state index in [0.717, 1.165) is 38.0 Å². The van der Waals surface area contributed by atoms with Gasteiger partial charge in [-0.2, -0.15) is 0 Å². The normalized spacial score (nSPS) is 36.3. The minimum atomic E-state index is 0.0648. The van der Waals surface area contributed by atoms with E-state index in [0.29, 0.717) is 12.0 Å². The van der Waals surface area contributed by atoms with Crippen molar-refractivity contribution in [2.24, 2.45) is 11.8 Å². The molecular weight excluding hydrogens is 262 g/mol. The first-order valence-electron chi connectivity index (χ1n) is 8.43. The first kappa shape index (κ1) is 14.8. The number of rotatable bonds is 3. The molecule has 2 aliphatic carbocycles. The highest BCUT2D eigenvalue weighted by Crippen LogP contribution is 2.44. The molecule has 1 aliphatic heterocycles. The molecule has 1 heterocycles. The summed E-state index contributed by atoms with van der Waals surface area (Å²) in [5, 5.41) is 3.28. The Morgan fingerprint density at radius 2 is 2.05 bits per heavy atom. The third kappa shape index (κ3) is 3.08. The molecule has 1 spiro atoms. The second-order valence-electron chi connectivity index (χ2n) is 7.13. The van der Waals surface area contributed by atoms with E-state index in [9.17, 15) is 4.79 Å². The Labute approximate surface area is 127 Å². The second-order valence-corrected chi connectivity index (χ2v) is 7.13. The summed E-state index contributed by atoms with van der Waals surface area (Å²) >= 11 is 0. The van der Waals surface area contributed by atoms with E-state index >= 15 is 0 Å². The lowest BCUT2D eigenvalue weighted by Gasteiger charge is -2.39. The highest BCUT2D eigenvalue weighted by Gasteiger charge is 2.42. The van der Waals surface area contributed by atoms with Crippen LogP contribution in [-0.2, 0) is 9.53 Å². The van der Waals surface area contributed by atoms with E-state index in [-0.39, 0.29) is 17.3 Å². The molecule has 1 unspecified atom stereocenters. The summed E-state index contributed by atoms with van der Waals surface area (Å²) in [7, 11) is 0. The van der Waals surface area contributed by atoms with Gasteiger partial charge in [-0.05, 0) is 64.4 Å². The number of ketones is 1. The van der Waals surface area contributed by atoms with Crippen molar-refractivity contribution in [1.82, 2.24) is 5.32 Å². The summed E-state index contributed by atoms with van der Waals surface area (Å²) in [6, 6.07) is 0.300. The molecule has 0 amide bonds. The average molecular weight is 289 g/mol. The fourth-order valence-corrected chi connectivity index (χ4v) is 4.10. The Morgan fingerprint density at radius 3 is 2.67 bits per heavy atom. The standard InChI is InChI=1S/C18H27NO2/c1-13(2)19-16-6-3-5-15(17(16)20)14-7-10-18(11-8-14)9-4-12-21-18/h3,5-6,13-15,19H,4,7-12H2,1-2H3. The van der Waals surface area contributed by atoms with Crippen LogP contribution in [0.2, 0.25) is 0 Å². The third-order valence-electron chi connectivity index (χ3n) is 5.23. The first-order chi connectivity index (χ1) is 10.1. The van der Waals surface area contributed by atoms with Gasteiger partial charge in [0.1, 0.15) is 0 Å². The number of carbonyl (C=O) groups is 1. The van der Waals surface area contributed by atoms with Crippen LogP contribution in [0.4, 0.5) is 0 Å². The number of Topliss-reactive ketones (excluding diaryl/α,β-unsaturated/α-hetero) is 1. The molecular formula is C18H27NO2. The van der Waals surface area contributed by atoms with Crippen molar-refractivity contribution >= 4 is 5.78 Å². The van der Waals surface area contributed by atoms with E-state index in [2.05, 4.69) is 25.2 Å². The molecule has 1 N–H and O–H groups in total. The van der Waals surface area contributed by atoms with Crippen LogP contribution < -0.4 is 5.32 Å². The number of allylic oxidation sites excluding steroid dienone is 4. The smallest absolute Gasteiger partial charge is 0.185 e. The molecule has 0 aromatic rings. The molecule has 3 nitrogen and oxygen atoms in total. The molecule has 1 saturated carbocycles. The molecule has 0 bridgehead atoms. The summed E-state index contributed by atoms with van der Waals surface area (Å²) in [6.07, 6.45) is 13.0. The molecule has 0 aromatic heterocycles. The lowest BCUT2D eigenvalue weighted by molar-refractivity contribution is -0.121.